The van der Waals surface area contributed by atoms with Gasteiger partial charge in [0.2, 0.25) is 0 Å². The Morgan fingerprint density at radius 3 is 2.68 bits per heavy atom. The van der Waals surface area contributed by atoms with Crippen LogP contribution in [0.1, 0.15) is 45.4 Å². The number of likely N-dealkylation sites (tertiary alicyclic amines) is 1. The number of carbonyl (C=O) groups is 2. The van der Waals surface area contributed by atoms with E-state index in [0.29, 0.717) is 19.4 Å². The van der Waals surface area contributed by atoms with Crippen LogP contribution in [0, 0.1) is 0 Å². The molecule has 0 bridgehead atoms. The molecule has 0 aromatic carbocycles. The highest BCUT2D eigenvalue weighted by atomic mass is 16.4. The number of carboxylic acid groups (broad SMARTS) is 1. The van der Waals surface area contributed by atoms with Gasteiger partial charge in [-0.1, -0.05) is 26.2 Å². The third-order valence-electron chi connectivity index (χ3n) is 3.52. The van der Waals surface area contributed by atoms with Crippen molar-refractivity contribution in [1.29, 1.82) is 0 Å². The fourth-order valence-corrected chi connectivity index (χ4v) is 2.41. The van der Waals surface area contributed by atoms with Gasteiger partial charge in [0.1, 0.15) is 6.04 Å². The van der Waals surface area contributed by atoms with Crippen LogP contribution >= 0.6 is 0 Å². The van der Waals surface area contributed by atoms with E-state index in [4.69, 9.17) is 5.11 Å². The highest BCUT2D eigenvalue weighted by molar-refractivity contribution is 5.82. The van der Waals surface area contributed by atoms with Crippen LogP contribution in [-0.4, -0.2) is 52.3 Å². The van der Waals surface area contributed by atoms with Gasteiger partial charge in [-0.05, 0) is 19.3 Å². The maximum Gasteiger partial charge on any atom is 0.326 e. The fraction of sp³-hybridized carbons (Fsp3) is 0.846. The molecule has 6 heteroatoms. The van der Waals surface area contributed by atoms with Crippen LogP contribution in [-0.2, 0) is 4.79 Å². The molecule has 0 spiro atoms. The lowest BCUT2D eigenvalue weighted by Crippen LogP contribution is -2.52. The Morgan fingerprint density at radius 1 is 1.37 bits per heavy atom. The van der Waals surface area contributed by atoms with E-state index in [0.717, 1.165) is 25.7 Å². The summed E-state index contributed by atoms with van der Waals surface area (Å²) in [5.41, 5.74) is 0. The van der Waals surface area contributed by atoms with Crippen LogP contribution in [0.5, 0.6) is 0 Å². The van der Waals surface area contributed by atoms with Crippen molar-refractivity contribution in [3.05, 3.63) is 0 Å². The topological polar surface area (TPSA) is 89.9 Å². The second kappa shape index (κ2) is 7.99. The van der Waals surface area contributed by atoms with Crippen molar-refractivity contribution >= 4 is 12.0 Å². The van der Waals surface area contributed by atoms with Gasteiger partial charge >= 0.3 is 12.0 Å². The molecular formula is C13H24N2O4. The van der Waals surface area contributed by atoms with Crippen molar-refractivity contribution in [2.75, 3.05) is 13.2 Å². The van der Waals surface area contributed by atoms with Crippen molar-refractivity contribution in [3.8, 4) is 0 Å². The minimum absolute atomic E-state index is 0.0705. The normalized spacial score (nSPS) is 21.6. The van der Waals surface area contributed by atoms with E-state index in [-0.39, 0.29) is 18.7 Å². The highest BCUT2D eigenvalue weighted by Crippen LogP contribution is 2.16. The Bertz CT molecular complexity index is 309. The molecule has 0 radical (unpaired) electrons. The number of nitrogens with one attached hydrogen (secondary N) is 1. The van der Waals surface area contributed by atoms with Crippen molar-refractivity contribution in [3.63, 3.8) is 0 Å². The van der Waals surface area contributed by atoms with Gasteiger partial charge in [-0.2, -0.15) is 0 Å². The van der Waals surface area contributed by atoms with Crippen LogP contribution < -0.4 is 5.32 Å². The van der Waals surface area contributed by atoms with Gasteiger partial charge in [-0.25, -0.2) is 9.59 Å². The average molecular weight is 272 g/mol. The number of urea groups is 1. The smallest absolute Gasteiger partial charge is 0.326 e. The summed E-state index contributed by atoms with van der Waals surface area (Å²) in [6.07, 6.45) is 4.81. The zero-order valence-corrected chi connectivity index (χ0v) is 11.5. The summed E-state index contributed by atoms with van der Waals surface area (Å²) >= 11 is 0. The zero-order chi connectivity index (χ0) is 14.3. The molecular weight excluding hydrogens is 248 g/mol. The van der Waals surface area contributed by atoms with Gasteiger partial charge in [0.05, 0.1) is 12.6 Å². The molecule has 1 aliphatic rings. The number of carboxylic acids is 1. The zero-order valence-electron chi connectivity index (χ0n) is 11.5. The number of carbonyl (C=O) groups excluding carboxylic acids is 1. The van der Waals surface area contributed by atoms with Gasteiger partial charge in [-0.15, -0.1) is 0 Å². The van der Waals surface area contributed by atoms with Gasteiger partial charge in [0.15, 0.2) is 0 Å². The lowest BCUT2D eigenvalue weighted by molar-refractivity contribution is -0.139. The van der Waals surface area contributed by atoms with Gasteiger partial charge < -0.3 is 20.4 Å². The van der Waals surface area contributed by atoms with E-state index in [1.807, 2.05) is 6.92 Å². The number of aliphatic carboxylic acids is 1. The molecule has 1 fully saturated rings. The third-order valence-corrected chi connectivity index (χ3v) is 3.52. The predicted octanol–water partition coefficient (Wildman–Crippen LogP) is 1.19. The van der Waals surface area contributed by atoms with Crippen molar-refractivity contribution < 1.29 is 19.8 Å². The van der Waals surface area contributed by atoms with E-state index in [2.05, 4.69) is 5.32 Å². The van der Waals surface area contributed by atoms with E-state index < -0.39 is 12.0 Å². The molecule has 1 heterocycles. The predicted molar refractivity (Wildman–Crippen MR) is 70.9 cm³/mol. The molecule has 2 unspecified atom stereocenters. The summed E-state index contributed by atoms with van der Waals surface area (Å²) < 4.78 is 0. The van der Waals surface area contributed by atoms with E-state index in [9.17, 15) is 14.7 Å². The first-order valence-electron chi connectivity index (χ1n) is 7.01. The number of amides is 2. The molecule has 19 heavy (non-hydrogen) atoms. The lowest BCUT2D eigenvalue weighted by atomic mass is 10.1. The number of nitrogens with zero attached hydrogens (tertiary/aromatic N) is 1. The summed E-state index contributed by atoms with van der Waals surface area (Å²) in [7, 11) is 0. The molecule has 0 aromatic heterocycles. The maximum atomic E-state index is 12.2. The SMILES string of the molecule is CCCC(NC(=O)N1CCCCCC1CO)C(=O)O. The first-order chi connectivity index (χ1) is 9.10. The fourth-order valence-electron chi connectivity index (χ4n) is 2.41. The average Bonchev–Trinajstić information content (AvgIpc) is 2.62. The summed E-state index contributed by atoms with van der Waals surface area (Å²) in [5.74, 6) is -1.01. The Morgan fingerprint density at radius 2 is 2.11 bits per heavy atom. The van der Waals surface area contributed by atoms with Crippen molar-refractivity contribution in [2.24, 2.45) is 0 Å². The maximum absolute atomic E-state index is 12.2. The van der Waals surface area contributed by atoms with Gasteiger partial charge in [0, 0.05) is 6.54 Å². The monoisotopic (exact) mass is 272 g/mol. The number of aliphatic hydroxyl groups excluding tert-OH is 1. The van der Waals surface area contributed by atoms with E-state index >= 15 is 0 Å². The van der Waals surface area contributed by atoms with E-state index in [1.165, 1.54) is 0 Å². The Kier molecular flexibility index (Phi) is 6.62. The standard InChI is InChI=1S/C13H24N2O4/c1-2-6-11(12(17)18)14-13(19)15-8-5-3-4-7-10(15)9-16/h10-11,16H,2-9H2,1H3,(H,14,19)(H,17,18). The molecule has 1 saturated heterocycles. The lowest BCUT2D eigenvalue weighted by Gasteiger charge is -2.30. The number of rotatable bonds is 5. The largest absolute Gasteiger partial charge is 0.480 e. The Hall–Kier alpha value is -1.30. The molecule has 3 N–H and O–H groups in total. The summed E-state index contributed by atoms with van der Waals surface area (Å²) in [4.78, 5) is 24.8. The Labute approximate surface area is 113 Å². The quantitative estimate of drug-likeness (QED) is 0.701. The number of aliphatic hydroxyl groups is 1. The van der Waals surface area contributed by atoms with E-state index in [1.54, 1.807) is 4.90 Å². The van der Waals surface area contributed by atoms with Crippen LogP contribution in [0.4, 0.5) is 4.79 Å². The second-order valence-electron chi connectivity index (χ2n) is 5.01. The van der Waals surface area contributed by atoms with Crippen LogP contribution in [0.2, 0.25) is 0 Å². The summed E-state index contributed by atoms with van der Waals surface area (Å²) in [6, 6.07) is -1.42. The molecule has 1 rings (SSSR count). The van der Waals surface area contributed by atoms with Crippen LogP contribution in [0.25, 0.3) is 0 Å². The Balaban J connectivity index is 2.64. The molecule has 2 atom stereocenters. The highest BCUT2D eigenvalue weighted by Gasteiger charge is 2.28. The van der Waals surface area contributed by atoms with Gasteiger partial charge in [-0.3, -0.25) is 0 Å². The number of hydrogen-bond donors (Lipinski definition) is 3. The molecule has 110 valence electrons. The molecule has 0 aliphatic carbocycles. The molecule has 0 aromatic rings. The minimum atomic E-state index is -1.01. The second-order valence-corrected chi connectivity index (χ2v) is 5.01. The minimum Gasteiger partial charge on any atom is -0.480 e. The van der Waals surface area contributed by atoms with Crippen molar-refractivity contribution in [1.82, 2.24) is 10.2 Å². The van der Waals surface area contributed by atoms with Gasteiger partial charge in [0.25, 0.3) is 0 Å². The third kappa shape index (κ3) is 4.70. The molecule has 0 saturated carbocycles. The van der Waals surface area contributed by atoms with Crippen LogP contribution in [0.15, 0.2) is 0 Å². The summed E-state index contributed by atoms with van der Waals surface area (Å²) in [5, 5.41) is 20.9. The molecule has 6 nitrogen and oxygen atoms in total. The molecule has 2 amide bonds. The van der Waals surface area contributed by atoms with Crippen LogP contribution in [0.3, 0.4) is 0 Å². The number of hydrogen-bond acceptors (Lipinski definition) is 3. The summed E-state index contributed by atoms with van der Waals surface area (Å²) in [6.45, 7) is 2.39. The molecule has 1 aliphatic heterocycles. The first-order valence-corrected chi connectivity index (χ1v) is 7.01. The van der Waals surface area contributed by atoms with Crippen molar-refractivity contribution in [2.45, 2.75) is 57.5 Å². The first kappa shape index (κ1) is 15.8.